The van der Waals surface area contributed by atoms with Crippen LogP contribution in [-0.4, -0.2) is 77.1 Å². The average Bonchev–Trinajstić information content (AvgIpc) is 3.51. The van der Waals surface area contributed by atoms with Crippen molar-refractivity contribution in [2.24, 2.45) is 0 Å². The van der Waals surface area contributed by atoms with E-state index >= 15 is 0 Å². The molecule has 3 aliphatic heterocycles. The molecule has 3 heterocycles. The molecule has 0 spiro atoms. The first kappa shape index (κ1) is 24.5. The van der Waals surface area contributed by atoms with Gasteiger partial charge in [0.1, 0.15) is 23.8 Å². The van der Waals surface area contributed by atoms with Gasteiger partial charge in [-0.3, -0.25) is 14.5 Å². The van der Waals surface area contributed by atoms with Gasteiger partial charge in [-0.1, -0.05) is 12.1 Å². The monoisotopic (exact) mass is 478 g/mol. The molecule has 10 nitrogen and oxygen atoms in total. The number of nitrogens with zero attached hydrogens (tertiary/aromatic N) is 5. The van der Waals surface area contributed by atoms with Gasteiger partial charge in [-0.2, -0.15) is 10.5 Å². The lowest BCUT2D eigenvalue weighted by Gasteiger charge is -2.36. The summed E-state index contributed by atoms with van der Waals surface area (Å²) >= 11 is 0. The van der Waals surface area contributed by atoms with E-state index in [0.717, 1.165) is 6.42 Å². The first-order valence-corrected chi connectivity index (χ1v) is 11.9. The van der Waals surface area contributed by atoms with Gasteiger partial charge in [0.25, 0.3) is 0 Å². The van der Waals surface area contributed by atoms with Crippen LogP contribution >= 0.6 is 0 Å². The summed E-state index contributed by atoms with van der Waals surface area (Å²) in [5.74, 6) is -0.467. The minimum Gasteiger partial charge on any atom is -0.444 e. The average molecular weight is 479 g/mol. The van der Waals surface area contributed by atoms with Crippen molar-refractivity contribution in [2.45, 2.75) is 69.8 Å². The third-order valence-electron chi connectivity index (χ3n) is 6.64. The van der Waals surface area contributed by atoms with Crippen LogP contribution in [0.15, 0.2) is 24.3 Å². The van der Waals surface area contributed by atoms with Crippen molar-refractivity contribution in [3.8, 4) is 12.1 Å². The highest BCUT2D eigenvalue weighted by Gasteiger charge is 2.51. The number of alkyl carbamates (subject to hydrolysis) is 1. The summed E-state index contributed by atoms with van der Waals surface area (Å²) in [5.41, 5.74) is 0.300. The van der Waals surface area contributed by atoms with Crippen LogP contribution in [0.5, 0.6) is 0 Å². The Morgan fingerprint density at radius 1 is 1.26 bits per heavy atom. The number of rotatable bonds is 5. The number of hydrogen-bond donors (Lipinski definition) is 1. The van der Waals surface area contributed by atoms with E-state index in [4.69, 9.17) is 4.74 Å². The number of amides is 3. The van der Waals surface area contributed by atoms with Crippen LogP contribution in [0.2, 0.25) is 0 Å². The van der Waals surface area contributed by atoms with Gasteiger partial charge in [0.2, 0.25) is 11.8 Å². The number of benzene rings is 1. The van der Waals surface area contributed by atoms with Crippen molar-refractivity contribution in [1.82, 2.24) is 15.1 Å². The number of carbonyl (C=O) groups is 3. The van der Waals surface area contributed by atoms with Crippen molar-refractivity contribution in [2.75, 3.05) is 24.5 Å². The number of piperazine rings is 1. The second-order valence-electron chi connectivity index (χ2n) is 10.2. The first-order chi connectivity index (χ1) is 16.6. The molecule has 35 heavy (non-hydrogen) atoms. The van der Waals surface area contributed by atoms with Gasteiger partial charge in [0.15, 0.2) is 0 Å². The van der Waals surface area contributed by atoms with E-state index in [1.165, 1.54) is 4.90 Å². The smallest absolute Gasteiger partial charge is 0.408 e. The number of carbonyl (C=O) groups excluding carboxylic acids is 3. The third-order valence-corrected chi connectivity index (χ3v) is 6.64. The second kappa shape index (κ2) is 9.55. The molecule has 3 aliphatic rings. The van der Waals surface area contributed by atoms with Crippen LogP contribution in [0.25, 0.3) is 0 Å². The summed E-state index contributed by atoms with van der Waals surface area (Å²) in [4.78, 5) is 44.3. The predicted molar refractivity (Wildman–Crippen MR) is 126 cm³/mol. The zero-order chi connectivity index (χ0) is 25.3. The molecule has 4 atom stereocenters. The number of anilines is 1. The van der Waals surface area contributed by atoms with Gasteiger partial charge in [-0.25, -0.2) is 4.79 Å². The van der Waals surface area contributed by atoms with E-state index in [-0.39, 0.29) is 24.4 Å². The van der Waals surface area contributed by atoms with Crippen LogP contribution in [0.1, 0.15) is 45.6 Å². The van der Waals surface area contributed by atoms with Gasteiger partial charge in [-0.15, -0.1) is 0 Å². The number of hydrogen-bond acceptors (Lipinski definition) is 7. The Morgan fingerprint density at radius 3 is 2.66 bits per heavy atom. The maximum absolute atomic E-state index is 13.4. The number of nitriles is 2. The van der Waals surface area contributed by atoms with Crippen molar-refractivity contribution in [3.05, 3.63) is 29.8 Å². The molecule has 2 bridgehead atoms. The Bertz CT molecular complexity index is 1100. The van der Waals surface area contributed by atoms with Gasteiger partial charge >= 0.3 is 6.09 Å². The lowest BCUT2D eigenvalue weighted by molar-refractivity contribution is -0.135. The van der Waals surface area contributed by atoms with Gasteiger partial charge in [0, 0.05) is 19.6 Å². The lowest BCUT2D eigenvalue weighted by Crippen LogP contribution is -2.59. The number of likely N-dealkylation sites (tertiary alicyclic amines) is 2. The first-order valence-electron chi connectivity index (χ1n) is 11.9. The maximum Gasteiger partial charge on any atom is 0.408 e. The Labute approximate surface area is 205 Å². The molecule has 184 valence electrons. The quantitative estimate of drug-likeness (QED) is 0.682. The zero-order valence-corrected chi connectivity index (χ0v) is 20.2. The van der Waals surface area contributed by atoms with Gasteiger partial charge in [-0.05, 0) is 52.2 Å². The van der Waals surface area contributed by atoms with Crippen LogP contribution in [0.3, 0.4) is 0 Å². The van der Waals surface area contributed by atoms with E-state index in [1.54, 1.807) is 49.9 Å². The van der Waals surface area contributed by atoms with Gasteiger partial charge in [0.05, 0.1) is 29.4 Å². The van der Waals surface area contributed by atoms with E-state index in [2.05, 4.69) is 17.5 Å². The number of fused-ring (bicyclic) bond motifs is 2. The Morgan fingerprint density at radius 2 is 2.00 bits per heavy atom. The third kappa shape index (κ3) is 4.94. The molecular weight excluding hydrogens is 448 g/mol. The lowest BCUT2D eigenvalue weighted by atomic mass is 10.1. The van der Waals surface area contributed by atoms with Crippen LogP contribution in [-0.2, 0) is 14.3 Å². The molecule has 3 amide bonds. The van der Waals surface area contributed by atoms with Crippen LogP contribution < -0.4 is 10.2 Å². The normalized spacial score (nSPS) is 24.7. The summed E-state index contributed by atoms with van der Waals surface area (Å²) in [6.07, 6.45) is 1.19. The van der Waals surface area contributed by atoms with Crippen LogP contribution in [0, 0.1) is 22.7 Å². The number of nitrogens with one attached hydrogen (secondary N) is 1. The van der Waals surface area contributed by atoms with E-state index < -0.39 is 29.8 Å². The molecular formula is C25H30N6O4. The molecule has 10 heteroatoms. The van der Waals surface area contributed by atoms with Crippen LogP contribution in [0.4, 0.5) is 10.5 Å². The highest BCUT2D eigenvalue weighted by Crippen LogP contribution is 2.37. The standard InChI is InChI=1S/C25H30N6O4/c1-25(2,3)35-24(34)28-19(22(32)30-10-6-8-17(30)13-27)15-29-14-18-11-21(29)23(33)31(18)20-9-5-4-7-16(20)12-26/h4-5,7,9,17-19,21H,6,8,10-11,14-15H2,1-3H3,(H,28,34)/t17-,18-,19-,21-/m0/s1. The van der Waals surface area contributed by atoms with Crippen molar-refractivity contribution in [1.29, 1.82) is 10.5 Å². The summed E-state index contributed by atoms with van der Waals surface area (Å²) in [6.45, 7) is 6.31. The summed E-state index contributed by atoms with van der Waals surface area (Å²) < 4.78 is 5.37. The maximum atomic E-state index is 13.4. The zero-order valence-electron chi connectivity index (χ0n) is 20.2. The SMILES string of the molecule is CC(C)(C)OC(=O)N[C@@H](CN1C[C@@H]2C[C@H]1C(=O)N2c1ccccc1C#N)C(=O)N1CCC[C@H]1C#N. The van der Waals surface area contributed by atoms with Gasteiger partial charge < -0.3 is 19.9 Å². The minimum absolute atomic E-state index is 0.122. The molecule has 4 rings (SSSR count). The van der Waals surface area contributed by atoms with E-state index in [0.29, 0.717) is 37.2 Å². The number of ether oxygens (including phenoxy) is 1. The Hall–Kier alpha value is -3.63. The molecule has 1 N–H and O–H groups in total. The second-order valence-corrected chi connectivity index (χ2v) is 10.2. The van der Waals surface area contributed by atoms with Crippen molar-refractivity contribution >= 4 is 23.6 Å². The fourth-order valence-corrected chi connectivity index (χ4v) is 5.19. The summed E-state index contributed by atoms with van der Waals surface area (Å²) in [6, 6.07) is 9.27. The Balaban J connectivity index is 1.51. The molecule has 0 aromatic heterocycles. The van der Waals surface area contributed by atoms with Crippen molar-refractivity contribution in [3.63, 3.8) is 0 Å². The van der Waals surface area contributed by atoms with Crippen molar-refractivity contribution < 1.29 is 19.1 Å². The Kier molecular flexibility index (Phi) is 6.68. The van der Waals surface area contributed by atoms with E-state index in [1.807, 2.05) is 4.90 Å². The molecule has 0 aliphatic carbocycles. The highest BCUT2D eigenvalue weighted by atomic mass is 16.6. The molecule has 3 saturated heterocycles. The molecule has 0 radical (unpaired) electrons. The topological polar surface area (TPSA) is 130 Å². The van der Waals surface area contributed by atoms with E-state index in [9.17, 15) is 24.9 Å². The fourth-order valence-electron chi connectivity index (χ4n) is 5.19. The molecule has 1 aromatic carbocycles. The summed E-state index contributed by atoms with van der Waals surface area (Å²) in [5, 5.41) is 21.6. The largest absolute Gasteiger partial charge is 0.444 e. The molecule has 3 fully saturated rings. The summed E-state index contributed by atoms with van der Waals surface area (Å²) in [7, 11) is 0. The molecule has 1 aromatic rings. The highest BCUT2D eigenvalue weighted by molar-refractivity contribution is 6.02. The molecule has 0 saturated carbocycles. The fraction of sp³-hybridized carbons (Fsp3) is 0.560. The minimum atomic E-state index is -0.953. The predicted octanol–water partition coefficient (Wildman–Crippen LogP) is 1.76. The molecule has 0 unspecified atom stereocenters. The number of para-hydroxylation sites is 1.